The Labute approximate surface area is 106 Å². The SMILES string of the molecule is C#CCN(c1ccc(C#N)cc1)c1cncnc1. The van der Waals surface area contributed by atoms with Crippen LogP contribution < -0.4 is 4.90 Å². The molecule has 0 N–H and O–H groups in total. The lowest BCUT2D eigenvalue weighted by Crippen LogP contribution is -2.17. The van der Waals surface area contributed by atoms with Crippen LogP contribution in [-0.2, 0) is 0 Å². The highest BCUT2D eigenvalue weighted by molar-refractivity contribution is 5.63. The van der Waals surface area contributed by atoms with E-state index in [0.717, 1.165) is 11.4 Å². The number of anilines is 2. The molecule has 2 aromatic rings. The predicted octanol–water partition coefficient (Wildman–Crippen LogP) is 2.12. The summed E-state index contributed by atoms with van der Waals surface area (Å²) in [7, 11) is 0. The van der Waals surface area contributed by atoms with Crippen LogP contribution in [0.1, 0.15) is 5.56 Å². The van der Waals surface area contributed by atoms with Gasteiger partial charge in [-0.1, -0.05) is 5.92 Å². The molecule has 0 aliphatic heterocycles. The minimum Gasteiger partial charge on any atom is -0.327 e. The van der Waals surface area contributed by atoms with Crippen LogP contribution >= 0.6 is 0 Å². The van der Waals surface area contributed by atoms with Crippen molar-refractivity contribution < 1.29 is 0 Å². The van der Waals surface area contributed by atoms with Crippen LogP contribution in [0, 0.1) is 23.7 Å². The Hall–Kier alpha value is -2.85. The standard InChI is InChI=1S/C14H10N4/c1-2-7-18(14-9-16-11-17-10-14)13-5-3-12(8-15)4-6-13/h1,3-6,9-11H,7H2. The van der Waals surface area contributed by atoms with Gasteiger partial charge in [-0.3, -0.25) is 0 Å². The summed E-state index contributed by atoms with van der Waals surface area (Å²) < 4.78 is 0. The smallest absolute Gasteiger partial charge is 0.115 e. The fraction of sp³-hybridized carbons (Fsp3) is 0.0714. The first-order chi connectivity index (χ1) is 8.85. The van der Waals surface area contributed by atoms with Crippen molar-refractivity contribution in [2.75, 3.05) is 11.4 Å². The van der Waals surface area contributed by atoms with Crippen molar-refractivity contribution in [3.8, 4) is 18.4 Å². The first kappa shape index (κ1) is 11.6. The van der Waals surface area contributed by atoms with E-state index in [2.05, 4.69) is 22.0 Å². The molecular formula is C14H10N4. The lowest BCUT2D eigenvalue weighted by molar-refractivity contribution is 1.06. The molecule has 0 fully saturated rings. The maximum Gasteiger partial charge on any atom is 0.115 e. The van der Waals surface area contributed by atoms with Crippen molar-refractivity contribution in [2.45, 2.75) is 0 Å². The molecule has 0 aliphatic rings. The van der Waals surface area contributed by atoms with Crippen LogP contribution in [0.15, 0.2) is 43.0 Å². The zero-order chi connectivity index (χ0) is 12.8. The van der Waals surface area contributed by atoms with E-state index in [0.29, 0.717) is 12.1 Å². The molecule has 0 radical (unpaired) electrons. The highest BCUT2D eigenvalue weighted by Crippen LogP contribution is 2.23. The number of hydrogen-bond acceptors (Lipinski definition) is 4. The third-order valence-corrected chi connectivity index (χ3v) is 2.42. The van der Waals surface area contributed by atoms with E-state index in [-0.39, 0.29) is 0 Å². The molecule has 86 valence electrons. The number of hydrogen-bond donors (Lipinski definition) is 0. The zero-order valence-corrected chi connectivity index (χ0v) is 9.61. The Bertz CT molecular complexity index is 590. The Kier molecular flexibility index (Phi) is 3.53. The fourth-order valence-electron chi connectivity index (χ4n) is 1.57. The van der Waals surface area contributed by atoms with Gasteiger partial charge in [-0.2, -0.15) is 5.26 Å². The molecule has 1 aromatic heterocycles. The van der Waals surface area contributed by atoms with Gasteiger partial charge in [0.2, 0.25) is 0 Å². The maximum atomic E-state index is 8.77. The molecular weight excluding hydrogens is 224 g/mol. The van der Waals surface area contributed by atoms with Gasteiger partial charge in [0.15, 0.2) is 0 Å². The molecule has 4 heteroatoms. The summed E-state index contributed by atoms with van der Waals surface area (Å²) in [5.74, 6) is 2.60. The van der Waals surface area contributed by atoms with Gasteiger partial charge in [0.25, 0.3) is 0 Å². The third kappa shape index (κ3) is 2.45. The van der Waals surface area contributed by atoms with Gasteiger partial charge in [0, 0.05) is 5.69 Å². The highest BCUT2D eigenvalue weighted by atomic mass is 15.1. The number of benzene rings is 1. The number of rotatable bonds is 3. The van der Waals surface area contributed by atoms with E-state index in [1.807, 2.05) is 17.0 Å². The zero-order valence-electron chi connectivity index (χ0n) is 9.61. The third-order valence-electron chi connectivity index (χ3n) is 2.42. The van der Waals surface area contributed by atoms with Gasteiger partial charge in [-0.15, -0.1) is 6.42 Å². The first-order valence-corrected chi connectivity index (χ1v) is 5.31. The molecule has 1 aromatic carbocycles. The van der Waals surface area contributed by atoms with Gasteiger partial charge >= 0.3 is 0 Å². The Balaban J connectivity index is 2.36. The average Bonchev–Trinajstić information content (AvgIpc) is 2.46. The lowest BCUT2D eigenvalue weighted by atomic mass is 10.2. The molecule has 0 saturated carbocycles. The monoisotopic (exact) mass is 234 g/mol. The van der Waals surface area contributed by atoms with Crippen molar-refractivity contribution in [1.29, 1.82) is 5.26 Å². The van der Waals surface area contributed by atoms with Gasteiger partial charge in [-0.05, 0) is 24.3 Å². The molecule has 0 unspecified atom stereocenters. The van der Waals surface area contributed by atoms with E-state index in [1.54, 1.807) is 24.5 Å². The summed E-state index contributed by atoms with van der Waals surface area (Å²) in [5, 5.41) is 8.77. The van der Waals surface area contributed by atoms with Gasteiger partial charge in [0.1, 0.15) is 6.33 Å². The van der Waals surface area contributed by atoms with Gasteiger partial charge in [-0.25, -0.2) is 9.97 Å². The number of terminal acetylenes is 1. The van der Waals surface area contributed by atoms with Crippen molar-refractivity contribution in [1.82, 2.24) is 9.97 Å². The largest absolute Gasteiger partial charge is 0.327 e. The molecule has 0 amide bonds. The van der Waals surface area contributed by atoms with Crippen LogP contribution in [0.3, 0.4) is 0 Å². The Morgan fingerprint density at radius 1 is 1.11 bits per heavy atom. The van der Waals surface area contributed by atoms with E-state index in [4.69, 9.17) is 11.7 Å². The Morgan fingerprint density at radius 2 is 1.78 bits per heavy atom. The summed E-state index contributed by atoms with van der Waals surface area (Å²) >= 11 is 0. The van der Waals surface area contributed by atoms with Crippen molar-refractivity contribution in [2.24, 2.45) is 0 Å². The number of nitrogens with zero attached hydrogens (tertiary/aromatic N) is 4. The molecule has 1 heterocycles. The van der Waals surface area contributed by atoms with Crippen LogP contribution in [0.5, 0.6) is 0 Å². The van der Waals surface area contributed by atoms with E-state index >= 15 is 0 Å². The van der Waals surface area contributed by atoms with E-state index in [1.165, 1.54) is 6.33 Å². The molecule has 0 spiro atoms. The summed E-state index contributed by atoms with van der Waals surface area (Å²) in [6, 6.07) is 9.29. The van der Waals surface area contributed by atoms with E-state index in [9.17, 15) is 0 Å². The van der Waals surface area contributed by atoms with Gasteiger partial charge in [0.05, 0.1) is 36.3 Å². The molecule has 18 heavy (non-hydrogen) atoms. The summed E-state index contributed by atoms with van der Waals surface area (Å²) in [6.45, 7) is 0.416. The van der Waals surface area contributed by atoms with Crippen molar-refractivity contribution >= 4 is 11.4 Å². The molecule has 2 rings (SSSR count). The van der Waals surface area contributed by atoms with E-state index < -0.39 is 0 Å². The fourth-order valence-corrected chi connectivity index (χ4v) is 1.57. The summed E-state index contributed by atoms with van der Waals surface area (Å²) in [5.41, 5.74) is 2.34. The molecule has 0 atom stereocenters. The second-order valence-electron chi connectivity index (χ2n) is 3.55. The predicted molar refractivity (Wildman–Crippen MR) is 69.0 cm³/mol. The van der Waals surface area contributed by atoms with Crippen molar-refractivity contribution in [3.63, 3.8) is 0 Å². The Morgan fingerprint density at radius 3 is 2.33 bits per heavy atom. The topological polar surface area (TPSA) is 52.8 Å². The molecule has 0 bridgehead atoms. The van der Waals surface area contributed by atoms with Crippen molar-refractivity contribution in [3.05, 3.63) is 48.5 Å². The summed E-state index contributed by atoms with van der Waals surface area (Å²) in [4.78, 5) is 9.85. The van der Waals surface area contributed by atoms with Gasteiger partial charge < -0.3 is 4.90 Å². The molecule has 4 nitrogen and oxygen atoms in total. The molecule has 0 saturated heterocycles. The average molecular weight is 234 g/mol. The normalized spacial score (nSPS) is 9.22. The number of nitriles is 1. The van der Waals surface area contributed by atoms with Crippen LogP contribution in [0.2, 0.25) is 0 Å². The highest BCUT2D eigenvalue weighted by Gasteiger charge is 2.08. The lowest BCUT2D eigenvalue weighted by Gasteiger charge is -2.21. The van der Waals surface area contributed by atoms with Crippen LogP contribution in [0.25, 0.3) is 0 Å². The number of aromatic nitrogens is 2. The maximum absolute atomic E-state index is 8.77. The second kappa shape index (κ2) is 5.47. The second-order valence-corrected chi connectivity index (χ2v) is 3.55. The van der Waals surface area contributed by atoms with Crippen LogP contribution in [-0.4, -0.2) is 16.5 Å². The summed E-state index contributed by atoms with van der Waals surface area (Å²) in [6.07, 6.45) is 10.2. The minimum absolute atomic E-state index is 0.416. The minimum atomic E-state index is 0.416. The van der Waals surface area contributed by atoms with Crippen LogP contribution in [0.4, 0.5) is 11.4 Å². The molecule has 0 aliphatic carbocycles. The first-order valence-electron chi connectivity index (χ1n) is 5.31. The quantitative estimate of drug-likeness (QED) is 0.763.